The van der Waals surface area contributed by atoms with Crippen LogP contribution in [0.3, 0.4) is 0 Å². The molecule has 0 saturated carbocycles. The van der Waals surface area contributed by atoms with E-state index < -0.39 is 0 Å². The summed E-state index contributed by atoms with van der Waals surface area (Å²) in [5.74, 6) is 1.19. The summed E-state index contributed by atoms with van der Waals surface area (Å²) < 4.78 is 0. The molecule has 4 heteroatoms. The van der Waals surface area contributed by atoms with Crippen LogP contribution in [0.25, 0.3) is 22.8 Å². The Morgan fingerprint density at radius 2 is 1.40 bits per heavy atom. The molecule has 0 unspecified atom stereocenters. The molecule has 3 rings (SSSR count). The van der Waals surface area contributed by atoms with E-state index in [1.165, 1.54) is 0 Å². The molecule has 0 aliphatic carbocycles. The van der Waals surface area contributed by atoms with Gasteiger partial charge in [-0.1, -0.05) is 54.6 Å². The molecule has 0 N–H and O–H groups in total. The van der Waals surface area contributed by atoms with Crippen LogP contribution in [-0.2, 0) is 0 Å². The maximum absolute atomic E-state index is 6.04. The van der Waals surface area contributed by atoms with Crippen molar-refractivity contribution in [2.24, 2.45) is 0 Å². The fraction of sp³-hybridized carbons (Fsp3) is 0.0625. The molecule has 0 bridgehead atoms. The molecule has 20 heavy (non-hydrogen) atoms. The van der Waals surface area contributed by atoms with Crippen molar-refractivity contribution in [2.75, 3.05) is 0 Å². The lowest BCUT2D eigenvalue weighted by atomic mass is 10.1. The predicted molar refractivity (Wildman–Crippen MR) is 80.4 cm³/mol. The molecule has 0 aliphatic rings. The molecule has 0 atom stereocenters. The molecule has 3 aromatic rings. The number of rotatable bonds is 2. The third kappa shape index (κ3) is 2.53. The van der Waals surface area contributed by atoms with Gasteiger partial charge in [0.2, 0.25) is 5.28 Å². The van der Waals surface area contributed by atoms with Crippen LogP contribution >= 0.6 is 11.6 Å². The van der Waals surface area contributed by atoms with Gasteiger partial charge in [0.15, 0.2) is 11.6 Å². The summed E-state index contributed by atoms with van der Waals surface area (Å²) in [7, 11) is 0. The van der Waals surface area contributed by atoms with Gasteiger partial charge < -0.3 is 0 Å². The van der Waals surface area contributed by atoms with Crippen molar-refractivity contribution in [3.63, 3.8) is 0 Å². The van der Waals surface area contributed by atoms with Gasteiger partial charge in [-0.15, -0.1) is 0 Å². The highest BCUT2D eigenvalue weighted by molar-refractivity contribution is 6.28. The average Bonchev–Trinajstić information content (AvgIpc) is 2.48. The van der Waals surface area contributed by atoms with Gasteiger partial charge in [0, 0.05) is 11.1 Å². The van der Waals surface area contributed by atoms with E-state index in [1.54, 1.807) is 0 Å². The number of hydrogen-bond donors (Lipinski definition) is 0. The van der Waals surface area contributed by atoms with Crippen molar-refractivity contribution in [3.05, 3.63) is 65.4 Å². The van der Waals surface area contributed by atoms with Crippen molar-refractivity contribution < 1.29 is 0 Å². The van der Waals surface area contributed by atoms with Gasteiger partial charge in [0.05, 0.1) is 0 Å². The Kier molecular flexibility index (Phi) is 3.44. The monoisotopic (exact) mass is 281 g/mol. The first-order valence-corrected chi connectivity index (χ1v) is 6.65. The van der Waals surface area contributed by atoms with Crippen molar-refractivity contribution in [2.45, 2.75) is 6.92 Å². The number of benzene rings is 2. The van der Waals surface area contributed by atoms with Crippen LogP contribution in [0.1, 0.15) is 5.56 Å². The van der Waals surface area contributed by atoms with Gasteiger partial charge in [-0.2, -0.15) is 9.97 Å². The molecule has 2 aromatic carbocycles. The average molecular weight is 282 g/mol. The van der Waals surface area contributed by atoms with E-state index in [4.69, 9.17) is 11.6 Å². The van der Waals surface area contributed by atoms with Gasteiger partial charge in [-0.3, -0.25) is 0 Å². The van der Waals surface area contributed by atoms with Crippen molar-refractivity contribution in [1.82, 2.24) is 15.0 Å². The predicted octanol–water partition coefficient (Wildman–Crippen LogP) is 4.17. The lowest BCUT2D eigenvalue weighted by Crippen LogP contribution is -1.98. The number of aromatic nitrogens is 3. The van der Waals surface area contributed by atoms with Crippen molar-refractivity contribution in [3.8, 4) is 22.8 Å². The molecule has 0 fully saturated rings. The number of halogens is 1. The second-order valence-corrected chi connectivity index (χ2v) is 4.77. The van der Waals surface area contributed by atoms with E-state index >= 15 is 0 Å². The van der Waals surface area contributed by atoms with Gasteiger partial charge in [0.1, 0.15) is 0 Å². The minimum absolute atomic E-state index is 0.206. The normalized spacial score (nSPS) is 10.5. The van der Waals surface area contributed by atoms with Gasteiger partial charge in [-0.25, -0.2) is 4.98 Å². The van der Waals surface area contributed by atoms with E-state index in [-0.39, 0.29) is 5.28 Å². The molecule has 0 amide bonds. The Morgan fingerprint density at radius 1 is 0.750 bits per heavy atom. The Balaban J connectivity index is 2.15. The van der Waals surface area contributed by atoms with E-state index in [2.05, 4.69) is 15.0 Å². The van der Waals surface area contributed by atoms with Crippen molar-refractivity contribution >= 4 is 11.6 Å². The highest BCUT2D eigenvalue weighted by Crippen LogP contribution is 2.23. The van der Waals surface area contributed by atoms with Crippen LogP contribution in [-0.4, -0.2) is 15.0 Å². The molecule has 0 radical (unpaired) electrons. The van der Waals surface area contributed by atoms with Gasteiger partial charge in [0.25, 0.3) is 0 Å². The molecule has 1 heterocycles. The molecule has 1 aromatic heterocycles. The summed E-state index contributed by atoms with van der Waals surface area (Å²) in [4.78, 5) is 13.0. The Labute approximate surface area is 122 Å². The second-order valence-electron chi connectivity index (χ2n) is 4.43. The van der Waals surface area contributed by atoms with Crippen LogP contribution in [0.4, 0.5) is 0 Å². The number of aryl methyl sites for hydroxylation is 1. The molecule has 0 aliphatic heterocycles. The molecule has 0 spiro atoms. The van der Waals surface area contributed by atoms with E-state index in [0.29, 0.717) is 11.6 Å². The van der Waals surface area contributed by atoms with Gasteiger partial charge in [-0.05, 0) is 24.1 Å². The van der Waals surface area contributed by atoms with E-state index in [1.807, 2.05) is 61.5 Å². The molecule has 3 nitrogen and oxygen atoms in total. The zero-order chi connectivity index (χ0) is 13.9. The fourth-order valence-electron chi connectivity index (χ4n) is 2.01. The minimum atomic E-state index is 0.206. The van der Waals surface area contributed by atoms with Crippen LogP contribution in [0.2, 0.25) is 5.28 Å². The lowest BCUT2D eigenvalue weighted by molar-refractivity contribution is 1.06. The van der Waals surface area contributed by atoms with Crippen molar-refractivity contribution in [1.29, 1.82) is 0 Å². The lowest BCUT2D eigenvalue weighted by Gasteiger charge is -2.06. The first-order valence-electron chi connectivity index (χ1n) is 6.27. The zero-order valence-corrected chi connectivity index (χ0v) is 11.7. The molecule has 98 valence electrons. The number of nitrogens with zero attached hydrogens (tertiary/aromatic N) is 3. The summed E-state index contributed by atoms with van der Waals surface area (Å²) in [5.41, 5.74) is 2.99. The summed E-state index contributed by atoms with van der Waals surface area (Å²) >= 11 is 6.04. The fourth-order valence-corrected chi connectivity index (χ4v) is 2.17. The van der Waals surface area contributed by atoms with Crippen LogP contribution in [0.15, 0.2) is 54.6 Å². The van der Waals surface area contributed by atoms with Crippen LogP contribution < -0.4 is 0 Å². The topological polar surface area (TPSA) is 38.7 Å². The molecular weight excluding hydrogens is 270 g/mol. The third-order valence-corrected chi connectivity index (χ3v) is 3.20. The maximum atomic E-state index is 6.04. The molecular formula is C16H12ClN3. The van der Waals surface area contributed by atoms with Crippen LogP contribution in [0.5, 0.6) is 0 Å². The first-order chi connectivity index (χ1) is 9.74. The van der Waals surface area contributed by atoms with Gasteiger partial charge >= 0.3 is 0 Å². The minimum Gasteiger partial charge on any atom is -0.208 e. The first kappa shape index (κ1) is 12.8. The highest BCUT2D eigenvalue weighted by atomic mass is 35.5. The Hall–Kier alpha value is -2.26. The zero-order valence-electron chi connectivity index (χ0n) is 10.9. The summed E-state index contributed by atoms with van der Waals surface area (Å²) in [6.07, 6.45) is 0. The third-order valence-electron chi connectivity index (χ3n) is 3.03. The SMILES string of the molecule is Cc1ccccc1-c1nc(Cl)nc(-c2ccccc2)n1. The Bertz CT molecular complexity index is 742. The largest absolute Gasteiger partial charge is 0.226 e. The smallest absolute Gasteiger partial charge is 0.208 e. The summed E-state index contributed by atoms with van der Waals surface area (Å²) in [6.45, 7) is 2.02. The van der Waals surface area contributed by atoms with E-state index in [9.17, 15) is 0 Å². The summed E-state index contributed by atoms with van der Waals surface area (Å²) in [5, 5.41) is 0.206. The van der Waals surface area contributed by atoms with Crippen LogP contribution in [0, 0.1) is 6.92 Å². The van der Waals surface area contributed by atoms with E-state index in [0.717, 1.165) is 16.7 Å². The summed E-state index contributed by atoms with van der Waals surface area (Å²) in [6, 6.07) is 17.7. The Morgan fingerprint density at radius 3 is 2.15 bits per heavy atom. The standard InChI is InChI=1S/C16H12ClN3/c1-11-7-5-6-10-13(11)15-18-14(19-16(17)20-15)12-8-3-2-4-9-12/h2-10H,1H3. The maximum Gasteiger partial charge on any atom is 0.226 e. The second kappa shape index (κ2) is 5.39. The molecule has 0 saturated heterocycles. The highest BCUT2D eigenvalue weighted by Gasteiger charge is 2.10. The number of hydrogen-bond acceptors (Lipinski definition) is 3. The quantitative estimate of drug-likeness (QED) is 0.708.